The van der Waals surface area contributed by atoms with E-state index in [9.17, 15) is 4.79 Å². The lowest BCUT2D eigenvalue weighted by Crippen LogP contribution is -2.12. The first-order chi connectivity index (χ1) is 14.4. The van der Waals surface area contributed by atoms with E-state index >= 15 is 0 Å². The lowest BCUT2D eigenvalue weighted by atomic mass is 9.87. The molecule has 150 valence electrons. The van der Waals surface area contributed by atoms with Gasteiger partial charge >= 0.3 is 5.97 Å². The molecule has 5 rings (SSSR count). The zero-order valence-corrected chi connectivity index (χ0v) is 17.6. The summed E-state index contributed by atoms with van der Waals surface area (Å²) in [7, 11) is 0. The fraction of sp³-hybridized carbons (Fsp3) is 0.192. The second-order valence-electron chi connectivity index (χ2n) is 8.07. The van der Waals surface area contributed by atoms with Gasteiger partial charge in [0, 0.05) is 44.3 Å². The van der Waals surface area contributed by atoms with Gasteiger partial charge in [-0.1, -0.05) is 48.0 Å². The van der Waals surface area contributed by atoms with E-state index in [-0.39, 0.29) is 11.8 Å². The SMILES string of the molecule is C=C(C)C(=O)Oc1c2c(c(Oc3ccccc3)c3cc(Cl)ccc13)C1C=C(C)C2C1. The summed E-state index contributed by atoms with van der Waals surface area (Å²) in [5.41, 5.74) is 3.81. The third kappa shape index (κ3) is 2.93. The predicted molar refractivity (Wildman–Crippen MR) is 120 cm³/mol. The van der Waals surface area contributed by atoms with Crippen LogP contribution in [0.4, 0.5) is 0 Å². The lowest BCUT2D eigenvalue weighted by Gasteiger charge is -2.24. The highest BCUT2D eigenvalue weighted by molar-refractivity contribution is 6.31. The van der Waals surface area contributed by atoms with Crippen LogP contribution in [0, 0.1) is 0 Å². The maximum Gasteiger partial charge on any atom is 0.338 e. The minimum atomic E-state index is -0.422. The smallest absolute Gasteiger partial charge is 0.338 e. The van der Waals surface area contributed by atoms with E-state index in [0.717, 1.165) is 39.8 Å². The highest BCUT2D eigenvalue weighted by atomic mass is 35.5. The number of hydrogen-bond donors (Lipinski definition) is 0. The summed E-state index contributed by atoms with van der Waals surface area (Å²) in [5.74, 6) is 2.18. The Balaban J connectivity index is 1.81. The number of ether oxygens (including phenoxy) is 2. The Bertz CT molecular complexity index is 1240. The molecule has 0 spiro atoms. The first kappa shape index (κ1) is 19.0. The minimum absolute atomic E-state index is 0.219. The predicted octanol–water partition coefficient (Wildman–Crippen LogP) is 7.30. The molecule has 0 radical (unpaired) electrons. The molecule has 3 aromatic rings. The highest BCUT2D eigenvalue weighted by Gasteiger charge is 2.42. The normalized spacial score (nSPS) is 18.8. The Kier molecular flexibility index (Phi) is 4.44. The van der Waals surface area contributed by atoms with Crippen molar-refractivity contribution in [3.05, 3.63) is 88.5 Å². The molecule has 3 nitrogen and oxygen atoms in total. The molecule has 0 heterocycles. The van der Waals surface area contributed by atoms with Crippen LogP contribution in [0.5, 0.6) is 17.2 Å². The summed E-state index contributed by atoms with van der Waals surface area (Å²) in [6.45, 7) is 7.54. The first-order valence-corrected chi connectivity index (χ1v) is 10.4. The van der Waals surface area contributed by atoms with Crippen molar-refractivity contribution in [2.75, 3.05) is 0 Å². The van der Waals surface area contributed by atoms with Gasteiger partial charge in [-0.05, 0) is 50.6 Å². The van der Waals surface area contributed by atoms with Gasteiger partial charge in [0.15, 0.2) is 0 Å². The Morgan fingerprint density at radius 3 is 2.57 bits per heavy atom. The summed E-state index contributed by atoms with van der Waals surface area (Å²) >= 11 is 6.37. The van der Waals surface area contributed by atoms with Gasteiger partial charge in [-0.15, -0.1) is 0 Å². The second kappa shape index (κ2) is 7.03. The first-order valence-electron chi connectivity index (χ1n) is 10.0. The van der Waals surface area contributed by atoms with Crippen LogP contribution >= 0.6 is 11.6 Å². The number of carbonyl (C=O) groups is 1. The van der Waals surface area contributed by atoms with Crippen molar-refractivity contribution in [3.63, 3.8) is 0 Å². The number of para-hydroxylation sites is 1. The van der Waals surface area contributed by atoms with E-state index < -0.39 is 5.97 Å². The monoisotopic (exact) mass is 416 g/mol. The highest BCUT2D eigenvalue weighted by Crippen LogP contribution is 2.61. The fourth-order valence-electron chi connectivity index (χ4n) is 4.65. The molecule has 2 aliphatic carbocycles. The summed E-state index contributed by atoms with van der Waals surface area (Å²) in [4.78, 5) is 12.5. The molecule has 0 amide bonds. The number of esters is 1. The largest absolute Gasteiger partial charge is 0.456 e. The fourth-order valence-corrected chi connectivity index (χ4v) is 4.82. The van der Waals surface area contributed by atoms with Gasteiger partial charge in [-0.25, -0.2) is 4.79 Å². The van der Waals surface area contributed by atoms with Crippen LogP contribution in [0.25, 0.3) is 10.8 Å². The number of hydrogen-bond acceptors (Lipinski definition) is 3. The molecule has 0 saturated carbocycles. The van der Waals surface area contributed by atoms with Crippen molar-refractivity contribution in [1.82, 2.24) is 0 Å². The number of carbonyl (C=O) groups excluding carboxylic acids is 1. The van der Waals surface area contributed by atoms with Crippen LogP contribution < -0.4 is 9.47 Å². The lowest BCUT2D eigenvalue weighted by molar-refractivity contribution is -0.130. The van der Waals surface area contributed by atoms with Gasteiger partial charge in [0.25, 0.3) is 0 Å². The number of rotatable bonds is 4. The molecular weight excluding hydrogens is 396 g/mol. The standard InChI is InChI=1S/C26H21ClO3/c1-14(2)26(28)30-24-19-10-9-17(27)13-21(19)25(29-18-7-5-4-6-8-18)22-16-11-15(3)20(12-16)23(22)24/h4-11,13,16,20H,1,12H2,2-3H3. The summed E-state index contributed by atoms with van der Waals surface area (Å²) in [6.07, 6.45) is 3.26. The van der Waals surface area contributed by atoms with Crippen LogP contribution in [0.1, 0.15) is 43.2 Å². The van der Waals surface area contributed by atoms with Crippen molar-refractivity contribution in [1.29, 1.82) is 0 Å². The number of halogens is 1. The maximum atomic E-state index is 12.5. The van der Waals surface area contributed by atoms with E-state index in [1.165, 1.54) is 5.57 Å². The zero-order chi connectivity index (χ0) is 21.0. The molecule has 0 fully saturated rings. The van der Waals surface area contributed by atoms with Crippen molar-refractivity contribution < 1.29 is 14.3 Å². The Morgan fingerprint density at radius 1 is 1.07 bits per heavy atom. The van der Waals surface area contributed by atoms with Gasteiger partial charge in [0.2, 0.25) is 0 Å². The molecule has 2 atom stereocenters. The van der Waals surface area contributed by atoms with Crippen molar-refractivity contribution >= 4 is 28.3 Å². The number of fused-ring (bicyclic) bond motifs is 6. The average Bonchev–Trinajstić information content (AvgIpc) is 3.28. The number of benzene rings is 3. The van der Waals surface area contributed by atoms with Crippen molar-refractivity contribution in [3.8, 4) is 17.2 Å². The average molecular weight is 417 g/mol. The third-order valence-electron chi connectivity index (χ3n) is 5.98. The van der Waals surface area contributed by atoms with Gasteiger partial charge in [-0.3, -0.25) is 0 Å². The molecule has 0 aliphatic heterocycles. The third-order valence-corrected chi connectivity index (χ3v) is 6.21. The van der Waals surface area contributed by atoms with E-state index in [1.807, 2.05) is 48.5 Å². The molecule has 2 bridgehead atoms. The van der Waals surface area contributed by atoms with E-state index in [4.69, 9.17) is 21.1 Å². The second-order valence-corrected chi connectivity index (χ2v) is 8.50. The summed E-state index contributed by atoms with van der Waals surface area (Å²) in [6, 6.07) is 15.3. The minimum Gasteiger partial charge on any atom is -0.456 e. The van der Waals surface area contributed by atoms with Crippen LogP contribution in [0.2, 0.25) is 5.02 Å². The summed E-state index contributed by atoms with van der Waals surface area (Å²) < 4.78 is 12.4. The molecule has 2 aliphatic rings. The van der Waals surface area contributed by atoms with Gasteiger partial charge in [-0.2, -0.15) is 0 Å². The van der Waals surface area contributed by atoms with Gasteiger partial charge < -0.3 is 9.47 Å². The van der Waals surface area contributed by atoms with Crippen LogP contribution in [-0.2, 0) is 4.79 Å². The molecule has 0 N–H and O–H groups in total. The Labute approximate surface area is 180 Å². The maximum absolute atomic E-state index is 12.5. The van der Waals surface area contributed by atoms with Gasteiger partial charge in [0.05, 0.1) is 0 Å². The van der Waals surface area contributed by atoms with Crippen LogP contribution in [-0.4, -0.2) is 5.97 Å². The Morgan fingerprint density at radius 2 is 1.83 bits per heavy atom. The molecule has 0 aromatic heterocycles. The van der Waals surface area contributed by atoms with E-state index in [2.05, 4.69) is 19.6 Å². The van der Waals surface area contributed by atoms with E-state index in [1.54, 1.807) is 6.92 Å². The topological polar surface area (TPSA) is 35.5 Å². The van der Waals surface area contributed by atoms with Crippen LogP contribution in [0.15, 0.2) is 72.3 Å². The molecule has 3 aromatic carbocycles. The molecule has 0 saturated heterocycles. The van der Waals surface area contributed by atoms with Crippen molar-refractivity contribution in [2.45, 2.75) is 32.1 Å². The van der Waals surface area contributed by atoms with E-state index in [0.29, 0.717) is 16.3 Å². The van der Waals surface area contributed by atoms with Gasteiger partial charge in [0.1, 0.15) is 17.2 Å². The molecule has 30 heavy (non-hydrogen) atoms. The number of allylic oxidation sites excluding steroid dienone is 2. The summed E-state index contributed by atoms with van der Waals surface area (Å²) in [5, 5.41) is 2.26. The molecule has 2 unspecified atom stereocenters. The Hall–Kier alpha value is -3.04. The molecular formula is C26H21ClO3. The van der Waals surface area contributed by atoms with Crippen molar-refractivity contribution in [2.24, 2.45) is 0 Å². The molecule has 4 heteroatoms. The van der Waals surface area contributed by atoms with Crippen LogP contribution in [0.3, 0.4) is 0 Å². The quantitative estimate of drug-likeness (QED) is 0.194. The zero-order valence-electron chi connectivity index (χ0n) is 16.9.